The van der Waals surface area contributed by atoms with E-state index in [4.69, 9.17) is 15.0 Å². The maximum atomic E-state index is 14.6. The Morgan fingerprint density at radius 3 is 2.12 bits per heavy atom. The normalized spacial score (nSPS) is 18.6. The third-order valence-electron chi connectivity index (χ3n) is 4.62. The van der Waals surface area contributed by atoms with Crippen molar-refractivity contribution in [3.63, 3.8) is 0 Å². The molecule has 0 spiro atoms. The molecule has 1 aromatic heterocycles. The van der Waals surface area contributed by atoms with Gasteiger partial charge in [0.1, 0.15) is 17.3 Å². The average Bonchev–Trinajstić information content (AvgIpc) is 3.01. The maximum Gasteiger partial charge on any atom is 0.500 e. The Labute approximate surface area is 143 Å². The fraction of sp³-hybridized carbons (Fsp3) is 0.400. The van der Waals surface area contributed by atoms with E-state index in [2.05, 4.69) is 15.4 Å². The minimum atomic E-state index is -1.19. The van der Waals surface area contributed by atoms with Crippen molar-refractivity contribution >= 4 is 18.5 Å². The van der Waals surface area contributed by atoms with E-state index in [1.54, 1.807) is 27.7 Å². The lowest BCUT2D eigenvalue weighted by molar-refractivity contribution is 0.00578. The van der Waals surface area contributed by atoms with Gasteiger partial charge in [0.05, 0.1) is 16.7 Å². The van der Waals surface area contributed by atoms with Crippen LogP contribution in [-0.4, -0.2) is 39.6 Å². The fourth-order valence-corrected chi connectivity index (χ4v) is 2.51. The average molecular weight is 350 g/mol. The van der Waals surface area contributed by atoms with Gasteiger partial charge in [-0.05, 0) is 39.8 Å². The summed E-state index contributed by atoms with van der Waals surface area (Å²) in [6.45, 7) is 7.13. The Bertz CT molecular complexity index is 814. The van der Waals surface area contributed by atoms with Crippen LogP contribution >= 0.6 is 0 Å². The monoisotopic (exact) mass is 350 g/mol. The second-order valence-corrected chi connectivity index (χ2v) is 6.83. The first-order chi connectivity index (χ1) is 11.5. The molecular weight excluding hydrogens is 333 g/mol. The van der Waals surface area contributed by atoms with Gasteiger partial charge in [-0.25, -0.2) is 8.78 Å². The quantitative estimate of drug-likeness (QED) is 0.809. The van der Waals surface area contributed by atoms with Gasteiger partial charge in [0.25, 0.3) is 5.91 Å². The first-order valence-electron chi connectivity index (χ1n) is 7.59. The molecule has 1 fully saturated rings. The zero-order chi connectivity index (χ0) is 18.6. The molecule has 3 N–H and O–H groups in total. The number of H-pyrrole nitrogens is 1. The smallest absolute Gasteiger partial charge is 0.399 e. The zero-order valence-electron chi connectivity index (χ0n) is 14.2. The van der Waals surface area contributed by atoms with Gasteiger partial charge in [0.15, 0.2) is 5.69 Å². The first kappa shape index (κ1) is 17.5. The number of hydrogen-bond acceptors (Lipinski definition) is 5. The summed E-state index contributed by atoms with van der Waals surface area (Å²) in [5, 5.41) is 9.53. The summed E-state index contributed by atoms with van der Waals surface area (Å²) >= 11 is 0. The highest BCUT2D eigenvalue weighted by Gasteiger charge is 2.53. The number of nitrogens with one attached hydrogen (secondary N) is 1. The molecule has 1 aliphatic rings. The molecule has 2 aromatic rings. The summed E-state index contributed by atoms with van der Waals surface area (Å²) in [6.07, 6.45) is 0. The molecule has 1 aromatic carbocycles. The van der Waals surface area contributed by atoms with E-state index in [1.807, 2.05) is 0 Å². The van der Waals surface area contributed by atoms with Crippen molar-refractivity contribution in [1.29, 1.82) is 0 Å². The van der Waals surface area contributed by atoms with Crippen LogP contribution in [0, 0.1) is 11.6 Å². The van der Waals surface area contributed by atoms with E-state index in [-0.39, 0.29) is 22.4 Å². The topological polar surface area (TPSA) is 103 Å². The van der Waals surface area contributed by atoms with Crippen LogP contribution in [0.2, 0.25) is 0 Å². The van der Waals surface area contributed by atoms with Crippen LogP contribution < -0.4 is 11.2 Å². The molecule has 1 aliphatic heterocycles. The summed E-state index contributed by atoms with van der Waals surface area (Å²) in [6, 6.07) is 2.07. The second-order valence-electron chi connectivity index (χ2n) is 6.83. The molecular formula is C15H17BF2N4O3. The van der Waals surface area contributed by atoms with Gasteiger partial charge >= 0.3 is 7.12 Å². The standard InChI is InChI=1S/C15H17BF2N4O3/c1-14(2)15(3,4)25-16(24-14)10-8(17)5-7(6-9(10)18)11-12(13(19)23)21-22-20-11/h5-6H,1-4H3,(H2,19,23)(H,20,21,22). The molecule has 0 unspecified atom stereocenters. The molecule has 2 heterocycles. The van der Waals surface area contributed by atoms with E-state index >= 15 is 0 Å². The number of halogens is 2. The third-order valence-corrected chi connectivity index (χ3v) is 4.62. The van der Waals surface area contributed by atoms with Gasteiger partial charge in [-0.2, -0.15) is 15.4 Å². The number of benzene rings is 1. The molecule has 0 radical (unpaired) electrons. The number of nitrogens with two attached hydrogens (primary N) is 1. The summed E-state index contributed by atoms with van der Waals surface area (Å²) in [4.78, 5) is 11.3. The third kappa shape index (κ3) is 2.81. The van der Waals surface area contributed by atoms with Gasteiger partial charge in [0, 0.05) is 5.56 Å². The van der Waals surface area contributed by atoms with Crippen LogP contribution in [0.25, 0.3) is 11.3 Å². The predicted molar refractivity (Wildman–Crippen MR) is 86.0 cm³/mol. The molecule has 0 saturated carbocycles. The number of aromatic nitrogens is 3. The molecule has 10 heteroatoms. The number of aromatic amines is 1. The van der Waals surface area contributed by atoms with Crippen LogP contribution in [0.15, 0.2) is 12.1 Å². The van der Waals surface area contributed by atoms with Crippen molar-refractivity contribution in [3.05, 3.63) is 29.5 Å². The van der Waals surface area contributed by atoms with Crippen molar-refractivity contribution in [2.45, 2.75) is 38.9 Å². The van der Waals surface area contributed by atoms with E-state index in [9.17, 15) is 13.6 Å². The van der Waals surface area contributed by atoms with E-state index in [1.165, 1.54) is 0 Å². The Morgan fingerprint density at radius 1 is 1.12 bits per heavy atom. The van der Waals surface area contributed by atoms with Crippen LogP contribution in [-0.2, 0) is 9.31 Å². The molecule has 132 valence electrons. The largest absolute Gasteiger partial charge is 0.500 e. The lowest BCUT2D eigenvalue weighted by Crippen LogP contribution is -2.41. The van der Waals surface area contributed by atoms with E-state index in [0.717, 1.165) is 12.1 Å². The summed E-state index contributed by atoms with van der Waals surface area (Å²) < 4.78 is 40.6. The highest BCUT2D eigenvalue weighted by Crippen LogP contribution is 2.37. The van der Waals surface area contributed by atoms with Gasteiger partial charge < -0.3 is 15.0 Å². The zero-order valence-corrected chi connectivity index (χ0v) is 14.2. The van der Waals surface area contributed by atoms with Crippen LogP contribution in [0.3, 0.4) is 0 Å². The minimum Gasteiger partial charge on any atom is -0.399 e. The molecule has 1 saturated heterocycles. The number of carbonyl (C=O) groups is 1. The summed E-state index contributed by atoms with van der Waals surface area (Å²) in [5.74, 6) is -2.63. The van der Waals surface area contributed by atoms with Crippen molar-refractivity contribution in [2.24, 2.45) is 5.73 Å². The number of primary amides is 1. The summed E-state index contributed by atoms with van der Waals surface area (Å²) in [7, 11) is -1.19. The van der Waals surface area contributed by atoms with Gasteiger partial charge in [0.2, 0.25) is 0 Å². The number of amides is 1. The highest BCUT2D eigenvalue weighted by atomic mass is 19.1. The van der Waals surface area contributed by atoms with Crippen molar-refractivity contribution in [1.82, 2.24) is 15.4 Å². The molecule has 0 atom stereocenters. The molecule has 0 aliphatic carbocycles. The number of nitrogens with zero attached hydrogens (tertiary/aromatic N) is 2. The minimum absolute atomic E-state index is 0.0258. The van der Waals surface area contributed by atoms with Gasteiger partial charge in [-0.15, -0.1) is 0 Å². The number of carbonyl (C=O) groups excluding carboxylic acids is 1. The fourth-order valence-electron chi connectivity index (χ4n) is 2.51. The molecule has 0 bridgehead atoms. The number of rotatable bonds is 3. The van der Waals surface area contributed by atoms with Crippen LogP contribution in [0.4, 0.5) is 8.78 Å². The molecule has 25 heavy (non-hydrogen) atoms. The van der Waals surface area contributed by atoms with Crippen molar-refractivity contribution in [3.8, 4) is 11.3 Å². The highest BCUT2D eigenvalue weighted by molar-refractivity contribution is 6.62. The SMILES string of the molecule is CC1(C)OB(c2c(F)cc(-c3n[nH]nc3C(N)=O)cc2F)OC1(C)C. The maximum absolute atomic E-state index is 14.6. The Balaban J connectivity index is 2.03. The van der Waals surface area contributed by atoms with E-state index < -0.39 is 35.9 Å². The van der Waals surface area contributed by atoms with E-state index in [0.29, 0.717) is 0 Å². The lowest BCUT2D eigenvalue weighted by Gasteiger charge is -2.32. The number of hydrogen-bond donors (Lipinski definition) is 2. The second kappa shape index (κ2) is 5.60. The Hall–Kier alpha value is -2.33. The Morgan fingerprint density at radius 2 is 1.64 bits per heavy atom. The molecule has 7 nitrogen and oxygen atoms in total. The van der Waals surface area contributed by atoms with Gasteiger partial charge in [-0.1, -0.05) is 0 Å². The van der Waals surface area contributed by atoms with Crippen molar-refractivity contribution < 1.29 is 22.9 Å². The lowest BCUT2D eigenvalue weighted by atomic mass is 9.77. The predicted octanol–water partition coefficient (Wildman–Crippen LogP) is 1.15. The first-order valence-corrected chi connectivity index (χ1v) is 7.59. The molecule has 3 rings (SSSR count). The Kier molecular flexibility index (Phi) is 3.92. The summed E-state index contributed by atoms with van der Waals surface area (Å²) in [5.41, 5.74) is 3.14. The van der Waals surface area contributed by atoms with Crippen LogP contribution in [0.1, 0.15) is 38.2 Å². The van der Waals surface area contributed by atoms with Gasteiger partial charge in [-0.3, -0.25) is 4.79 Å². The van der Waals surface area contributed by atoms with Crippen LogP contribution in [0.5, 0.6) is 0 Å². The van der Waals surface area contributed by atoms with Crippen molar-refractivity contribution in [2.75, 3.05) is 0 Å². The molecule has 1 amide bonds.